The smallest absolute Gasteiger partial charge is 0.161 e. The molecule has 0 aliphatic carbocycles. The molecule has 0 radical (unpaired) electrons. The Kier molecular flexibility index (Phi) is 4.60. The first-order valence-electron chi connectivity index (χ1n) is 7.20. The molecular formula is C15H25N3O2. The molecule has 1 saturated heterocycles. The highest BCUT2D eigenvalue weighted by atomic mass is 16.6. The second-order valence-corrected chi connectivity index (χ2v) is 6.57. The zero-order chi connectivity index (χ0) is 14.8. The lowest BCUT2D eigenvalue weighted by Crippen LogP contribution is -2.39. The van der Waals surface area contributed by atoms with Crippen molar-refractivity contribution in [3.8, 4) is 5.75 Å². The van der Waals surface area contributed by atoms with E-state index in [9.17, 15) is 0 Å². The van der Waals surface area contributed by atoms with Gasteiger partial charge in [-0.05, 0) is 20.8 Å². The first-order chi connectivity index (χ1) is 9.35. The third-order valence-electron chi connectivity index (χ3n) is 3.05. The van der Waals surface area contributed by atoms with Crippen LogP contribution in [0.4, 0.5) is 0 Å². The van der Waals surface area contributed by atoms with E-state index in [1.807, 2.05) is 0 Å². The van der Waals surface area contributed by atoms with Gasteiger partial charge < -0.3 is 14.8 Å². The summed E-state index contributed by atoms with van der Waals surface area (Å²) in [5, 5.41) is 3.45. The molecule has 0 saturated carbocycles. The molecule has 1 aromatic rings. The Hall–Kier alpha value is -1.20. The molecule has 2 heterocycles. The van der Waals surface area contributed by atoms with Crippen LogP contribution in [0.15, 0.2) is 6.20 Å². The number of hydrogen-bond donors (Lipinski definition) is 1. The second-order valence-electron chi connectivity index (χ2n) is 6.57. The van der Waals surface area contributed by atoms with Crippen molar-refractivity contribution in [1.82, 2.24) is 15.3 Å². The van der Waals surface area contributed by atoms with Gasteiger partial charge in [-0.15, -0.1) is 0 Å². The molecule has 1 fully saturated rings. The molecule has 1 aliphatic heterocycles. The van der Waals surface area contributed by atoms with Crippen LogP contribution < -0.4 is 10.1 Å². The first kappa shape index (κ1) is 15.2. The standard InChI is InChI=1S/C15H25N3O2/c1-10(2)14-16-7-13(20-11-8-19-9-11)12(18-14)6-17-15(3,4)5/h7,10-11,17H,6,8-9H2,1-5H3. The summed E-state index contributed by atoms with van der Waals surface area (Å²) in [6.07, 6.45) is 1.93. The molecule has 112 valence electrons. The Morgan fingerprint density at radius 1 is 1.40 bits per heavy atom. The fraction of sp³-hybridized carbons (Fsp3) is 0.733. The van der Waals surface area contributed by atoms with Crippen molar-refractivity contribution >= 4 is 0 Å². The number of ether oxygens (including phenoxy) is 2. The van der Waals surface area contributed by atoms with E-state index in [1.54, 1.807) is 6.20 Å². The Balaban J connectivity index is 2.15. The summed E-state index contributed by atoms with van der Waals surface area (Å²) >= 11 is 0. The van der Waals surface area contributed by atoms with Crippen LogP contribution in [0.3, 0.4) is 0 Å². The molecule has 5 nitrogen and oxygen atoms in total. The molecule has 0 bridgehead atoms. The lowest BCUT2D eigenvalue weighted by Gasteiger charge is -2.28. The van der Waals surface area contributed by atoms with Crippen molar-refractivity contribution in [3.05, 3.63) is 17.7 Å². The normalized spacial score (nSPS) is 16.3. The molecule has 1 aromatic heterocycles. The summed E-state index contributed by atoms with van der Waals surface area (Å²) in [5.74, 6) is 1.93. The quantitative estimate of drug-likeness (QED) is 0.896. The van der Waals surface area contributed by atoms with E-state index < -0.39 is 0 Å². The van der Waals surface area contributed by atoms with Crippen molar-refractivity contribution in [3.63, 3.8) is 0 Å². The van der Waals surface area contributed by atoms with Gasteiger partial charge in [-0.1, -0.05) is 13.8 Å². The number of nitrogens with one attached hydrogen (secondary N) is 1. The summed E-state index contributed by atoms with van der Waals surface area (Å²) in [5.41, 5.74) is 0.963. The fourth-order valence-electron chi connectivity index (χ4n) is 1.74. The highest BCUT2D eigenvalue weighted by Gasteiger charge is 2.23. The average molecular weight is 279 g/mol. The van der Waals surface area contributed by atoms with Crippen LogP contribution >= 0.6 is 0 Å². The third kappa shape index (κ3) is 4.15. The molecule has 0 atom stereocenters. The van der Waals surface area contributed by atoms with E-state index in [0.29, 0.717) is 25.7 Å². The van der Waals surface area contributed by atoms with Gasteiger partial charge in [-0.25, -0.2) is 9.97 Å². The minimum absolute atomic E-state index is 0.0415. The fourth-order valence-corrected chi connectivity index (χ4v) is 1.74. The Morgan fingerprint density at radius 2 is 2.10 bits per heavy atom. The second kappa shape index (κ2) is 6.06. The van der Waals surface area contributed by atoms with Gasteiger partial charge in [0.15, 0.2) is 5.75 Å². The maximum atomic E-state index is 5.89. The molecule has 0 aromatic carbocycles. The van der Waals surface area contributed by atoms with Crippen LogP contribution in [0.5, 0.6) is 5.75 Å². The van der Waals surface area contributed by atoms with E-state index in [4.69, 9.17) is 9.47 Å². The van der Waals surface area contributed by atoms with Gasteiger partial charge in [0.1, 0.15) is 11.9 Å². The zero-order valence-corrected chi connectivity index (χ0v) is 13.1. The van der Waals surface area contributed by atoms with Crippen molar-refractivity contribution in [2.75, 3.05) is 13.2 Å². The van der Waals surface area contributed by atoms with E-state index in [1.165, 1.54) is 0 Å². The van der Waals surface area contributed by atoms with Gasteiger partial charge in [-0.2, -0.15) is 0 Å². The van der Waals surface area contributed by atoms with Gasteiger partial charge in [0.25, 0.3) is 0 Å². The van der Waals surface area contributed by atoms with Crippen molar-refractivity contribution in [1.29, 1.82) is 0 Å². The lowest BCUT2D eigenvalue weighted by atomic mass is 10.1. The molecule has 0 spiro atoms. The van der Waals surface area contributed by atoms with E-state index >= 15 is 0 Å². The van der Waals surface area contributed by atoms with Gasteiger partial charge in [0.05, 0.1) is 25.1 Å². The molecule has 1 N–H and O–H groups in total. The van der Waals surface area contributed by atoms with E-state index in [2.05, 4.69) is 49.9 Å². The summed E-state index contributed by atoms with van der Waals surface area (Å²) in [7, 11) is 0. The van der Waals surface area contributed by atoms with Crippen LogP contribution in [0, 0.1) is 0 Å². The van der Waals surface area contributed by atoms with Crippen LogP contribution in [-0.2, 0) is 11.3 Å². The molecule has 0 amide bonds. The summed E-state index contributed by atoms with van der Waals surface area (Å²) in [6, 6.07) is 0. The molecular weight excluding hydrogens is 254 g/mol. The predicted octanol–water partition coefficient (Wildman–Crippen LogP) is 2.27. The third-order valence-corrected chi connectivity index (χ3v) is 3.05. The van der Waals surface area contributed by atoms with Gasteiger partial charge >= 0.3 is 0 Å². The minimum atomic E-state index is 0.0415. The SMILES string of the molecule is CC(C)c1ncc(OC2COC2)c(CNC(C)(C)C)n1. The van der Waals surface area contributed by atoms with Crippen LogP contribution in [0.2, 0.25) is 0 Å². The van der Waals surface area contributed by atoms with E-state index in [0.717, 1.165) is 17.3 Å². The number of hydrogen-bond acceptors (Lipinski definition) is 5. The van der Waals surface area contributed by atoms with Gasteiger partial charge in [0.2, 0.25) is 0 Å². The van der Waals surface area contributed by atoms with Crippen molar-refractivity contribution in [2.24, 2.45) is 0 Å². The monoisotopic (exact) mass is 279 g/mol. The Morgan fingerprint density at radius 3 is 2.60 bits per heavy atom. The number of nitrogens with zero attached hydrogens (tertiary/aromatic N) is 2. The maximum absolute atomic E-state index is 5.89. The minimum Gasteiger partial charge on any atom is -0.482 e. The van der Waals surface area contributed by atoms with Crippen molar-refractivity contribution in [2.45, 2.75) is 58.7 Å². The predicted molar refractivity (Wildman–Crippen MR) is 77.9 cm³/mol. The van der Waals surface area contributed by atoms with Crippen molar-refractivity contribution < 1.29 is 9.47 Å². The molecule has 5 heteroatoms. The maximum Gasteiger partial charge on any atom is 0.161 e. The highest BCUT2D eigenvalue weighted by molar-refractivity contribution is 5.26. The summed E-state index contributed by atoms with van der Waals surface area (Å²) in [6.45, 7) is 12.6. The van der Waals surface area contributed by atoms with Gasteiger partial charge in [-0.3, -0.25) is 0 Å². The van der Waals surface area contributed by atoms with Crippen LogP contribution in [-0.4, -0.2) is 34.8 Å². The Labute approximate surface area is 121 Å². The van der Waals surface area contributed by atoms with Gasteiger partial charge in [0, 0.05) is 18.0 Å². The summed E-state index contributed by atoms with van der Waals surface area (Å²) < 4.78 is 11.0. The zero-order valence-electron chi connectivity index (χ0n) is 13.1. The van der Waals surface area contributed by atoms with Crippen LogP contribution in [0.25, 0.3) is 0 Å². The molecule has 20 heavy (non-hydrogen) atoms. The first-order valence-corrected chi connectivity index (χ1v) is 7.20. The topological polar surface area (TPSA) is 56.3 Å². The number of aromatic nitrogens is 2. The van der Waals surface area contributed by atoms with Crippen LogP contribution in [0.1, 0.15) is 52.1 Å². The largest absolute Gasteiger partial charge is 0.482 e. The lowest BCUT2D eigenvalue weighted by molar-refractivity contribution is -0.0803. The Bertz CT molecular complexity index is 451. The molecule has 1 aliphatic rings. The molecule has 2 rings (SSSR count). The average Bonchev–Trinajstić information content (AvgIpc) is 2.30. The summed E-state index contributed by atoms with van der Waals surface area (Å²) in [4.78, 5) is 9.04. The number of rotatable bonds is 5. The molecule has 0 unspecified atom stereocenters. The highest BCUT2D eigenvalue weighted by Crippen LogP contribution is 2.22. The van der Waals surface area contributed by atoms with E-state index in [-0.39, 0.29) is 11.6 Å².